The van der Waals surface area contributed by atoms with Crippen LogP contribution in [0.3, 0.4) is 0 Å². The van der Waals surface area contributed by atoms with Crippen molar-refractivity contribution in [1.29, 1.82) is 0 Å². The van der Waals surface area contributed by atoms with Crippen molar-refractivity contribution in [2.75, 3.05) is 0 Å². The molecule has 0 radical (unpaired) electrons. The molecule has 5 nitrogen and oxygen atoms in total. The molecule has 0 unspecified atom stereocenters. The van der Waals surface area contributed by atoms with E-state index in [1.165, 1.54) is 0 Å². The van der Waals surface area contributed by atoms with Gasteiger partial charge >= 0.3 is 11.9 Å². The van der Waals surface area contributed by atoms with Crippen molar-refractivity contribution in [3.05, 3.63) is 11.6 Å². The summed E-state index contributed by atoms with van der Waals surface area (Å²) in [5.74, 6) is -2.91. The molecule has 2 atom stereocenters. The summed E-state index contributed by atoms with van der Waals surface area (Å²) in [6, 6.07) is -1.11. The predicted octanol–water partition coefficient (Wildman–Crippen LogP) is 0.845. The van der Waals surface area contributed by atoms with Gasteiger partial charge < -0.3 is 15.9 Å². The Morgan fingerprint density at radius 2 is 1.80 bits per heavy atom. The molecule has 4 N–H and O–H groups in total. The van der Waals surface area contributed by atoms with Crippen LogP contribution in [0.25, 0.3) is 0 Å². The first-order valence-electron chi connectivity index (χ1n) is 4.69. The molecule has 0 amide bonds. The minimum Gasteiger partial charge on any atom is -0.481 e. The van der Waals surface area contributed by atoms with E-state index in [0.717, 1.165) is 5.57 Å². The van der Waals surface area contributed by atoms with Gasteiger partial charge in [0, 0.05) is 0 Å². The summed E-state index contributed by atoms with van der Waals surface area (Å²) in [7, 11) is 0. The zero-order chi connectivity index (χ0) is 12.0. The number of carbonyl (C=O) groups is 2. The molecule has 5 heteroatoms. The molecule has 0 bridgehead atoms. The van der Waals surface area contributed by atoms with Crippen LogP contribution in [0, 0.1) is 5.92 Å². The summed E-state index contributed by atoms with van der Waals surface area (Å²) >= 11 is 0. The lowest BCUT2D eigenvalue weighted by atomic mass is 9.96. The molecule has 0 spiro atoms. The molecular weight excluding hydrogens is 198 g/mol. The molecule has 86 valence electrons. The van der Waals surface area contributed by atoms with E-state index in [-0.39, 0.29) is 6.42 Å². The maximum absolute atomic E-state index is 10.8. The minimum absolute atomic E-state index is 0.0472. The second kappa shape index (κ2) is 6.19. The highest BCUT2D eigenvalue weighted by Crippen LogP contribution is 2.13. The third-order valence-electron chi connectivity index (χ3n) is 2.02. The van der Waals surface area contributed by atoms with Crippen LogP contribution in [-0.2, 0) is 9.59 Å². The van der Waals surface area contributed by atoms with Crippen LogP contribution >= 0.6 is 0 Å². The van der Waals surface area contributed by atoms with Gasteiger partial charge in [-0.15, -0.1) is 0 Å². The van der Waals surface area contributed by atoms with Crippen LogP contribution < -0.4 is 5.73 Å². The second-order valence-corrected chi connectivity index (χ2v) is 3.73. The van der Waals surface area contributed by atoms with Gasteiger partial charge in [-0.3, -0.25) is 9.59 Å². The first-order chi connectivity index (χ1) is 6.84. The molecule has 0 aromatic heterocycles. The number of carboxylic acid groups (broad SMARTS) is 2. The Hall–Kier alpha value is -1.36. The summed E-state index contributed by atoms with van der Waals surface area (Å²) in [5, 5.41) is 17.4. The largest absolute Gasteiger partial charge is 0.481 e. The number of nitrogens with two attached hydrogens (primary N) is 1. The Morgan fingerprint density at radius 1 is 1.27 bits per heavy atom. The first-order valence-corrected chi connectivity index (χ1v) is 4.69. The fourth-order valence-corrected chi connectivity index (χ4v) is 1.08. The normalized spacial score (nSPS) is 14.1. The standard InChI is InChI=1S/C10H17NO4/c1-6(2)3-4-7(9(12)13)5-8(11)10(14)15/h3,7-8H,4-5,11H2,1-2H3,(H,12,13)(H,14,15)/t7-,8+/m1/s1. The van der Waals surface area contributed by atoms with E-state index in [2.05, 4.69) is 0 Å². The fraction of sp³-hybridized carbons (Fsp3) is 0.600. The monoisotopic (exact) mass is 215 g/mol. The van der Waals surface area contributed by atoms with E-state index in [0.29, 0.717) is 6.42 Å². The van der Waals surface area contributed by atoms with Gasteiger partial charge in [0.2, 0.25) is 0 Å². The lowest BCUT2D eigenvalue weighted by Gasteiger charge is -2.13. The number of hydrogen-bond acceptors (Lipinski definition) is 3. The Labute approximate surface area is 88.6 Å². The highest BCUT2D eigenvalue weighted by molar-refractivity contribution is 5.75. The van der Waals surface area contributed by atoms with Crippen LogP contribution in [-0.4, -0.2) is 28.2 Å². The van der Waals surface area contributed by atoms with E-state index in [1.807, 2.05) is 13.8 Å². The van der Waals surface area contributed by atoms with E-state index in [1.54, 1.807) is 6.08 Å². The molecule has 0 aliphatic rings. The van der Waals surface area contributed by atoms with Gasteiger partial charge in [0.1, 0.15) is 6.04 Å². The van der Waals surface area contributed by atoms with Crippen LogP contribution in [0.4, 0.5) is 0 Å². The van der Waals surface area contributed by atoms with E-state index < -0.39 is 23.9 Å². The number of hydrogen-bond donors (Lipinski definition) is 3. The molecule has 0 fully saturated rings. The van der Waals surface area contributed by atoms with Crippen LogP contribution in [0.5, 0.6) is 0 Å². The Kier molecular flexibility index (Phi) is 5.62. The summed E-state index contributed by atoms with van der Waals surface area (Å²) in [5.41, 5.74) is 6.28. The van der Waals surface area contributed by atoms with Gasteiger partial charge in [0.15, 0.2) is 0 Å². The smallest absolute Gasteiger partial charge is 0.320 e. The highest BCUT2D eigenvalue weighted by atomic mass is 16.4. The number of rotatable bonds is 6. The quantitative estimate of drug-likeness (QED) is 0.570. The molecule has 0 aliphatic carbocycles. The topological polar surface area (TPSA) is 101 Å². The lowest BCUT2D eigenvalue weighted by Crippen LogP contribution is -2.34. The molecular formula is C10H17NO4. The minimum atomic E-state index is -1.17. The van der Waals surface area contributed by atoms with Crippen LogP contribution in [0.1, 0.15) is 26.7 Å². The third-order valence-corrected chi connectivity index (χ3v) is 2.02. The molecule has 0 aromatic rings. The molecule has 0 heterocycles. The summed E-state index contributed by atoms with van der Waals surface area (Å²) < 4.78 is 0. The van der Waals surface area contributed by atoms with Crippen molar-refractivity contribution in [2.24, 2.45) is 11.7 Å². The molecule has 0 saturated heterocycles. The van der Waals surface area contributed by atoms with Crippen molar-refractivity contribution in [3.8, 4) is 0 Å². The van der Waals surface area contributed by atoms with Crippen molar-refractivity contribution in [1.82, 2.24) is 0 Å². The summed E-state index contributed by atoms with van der Waals surface area (Å²) in [4.78, 5) is 21.3. The van der Waals surface area contributed by atoms with E-state index >= 15 is 0 Å². The van der Waals surface area contributed by atoms with Gasteiger partial charge in [-0.2, -0.15) is 0 Å². The Balaban J connectivity index is 4.35. The van der Waals surface area contributed by atoms with Crippen molar-refractivity contribution in [3.63, 3.8) is 0 Å². The Bertz CT molecular complexity index is 269. The lowest BCUT2D eigenvalue weighted by molar-refractivity contribution is -0.143. The Morgan fingerprint density at radius 3 is 2.13 bits per heavy atom. The van der Waals surface area contributed by atoms with Gasteiger partial charge in [-0.25, -0.2) is 0 Å². The SMILES string of the molecule is CC(C)=CC[C@H](C[C@H](N)C(=O)O)C(=O)O. The predicted molar refractivity (Wildman–Crippen MR) is 55.4 cm³/mol. The first kappa shape index (κ1) is 13.6. The molecule has 0 rings (SSSR count). The maximum Gasteiger partial charge on any atom is 0.320 e. The van der Waals surface area contributed by atoms with Gasteiger partial charge in [-0.1, -0.05) is 11.6 Å². The van der Waals surface area contributed by atoms with E-state index in [4.69, 9.17) is 15.9 Å². The van der Waals surface area contributed by atoms with Gasteiger partial charge in [0.25, 0.3) is 0 Å². The van der Waals surface area contributed by atoms with Crippen molar-refractivity contribution in [2.45, 2.75) is 32.7 Å². The maximum atomic E-state index is 10.8. The van der Waals surface area contributed by atoms with Gasteiger partial charge in [0.05, 0.1) is 5.92 Å². The van der Waals surface area contributed by atoms with Gasteiger partial charge in [-0.05, 0) is 26.7 Å². The molecule has 15 heavy (non-hydrogen) atoms. The second-order valence-electron chi connectivity index (χ2n) is 3.73. The molecule has 0 saturated carbocycles. The number of aliphatic carboxylic acids is 2. The summed E-state index contributed by atoms with van der Waals surface area (Å²) in [6.07, 6.45) is 2.04. The molecule has 0 aromatic carbocycles. The summed E-state index contributed by atoms with van der Waals surface area (Å²) in [6.45, 7) is 3.71. The van der Waals surface area contributed by atoms with E-state index in [9.17, 15) is 9.59 Å². The van der Waals surface area contributed by atoms with Crippen LogP contribution in [0.2, 0.25) is 0 Å². The number of allylic oxidation sites excluding steroid dienone is 2. The van der Waals surface area contributed by atoms with Crippen molar-refractivity contribution >= 4 is 11.9 Å². The highest BCUT2D eigenvalue weighted by Gasteiger charge is 2.23. The zero-order valence-electron chi connectivity index (χ0n) is 8.93. The zero-order valence-corrected chi connectivity index (χ0v) is 8.93. The number of carboxylic acids is 2. The van der Waals surface area contributed by atoms with Crippen molar-refractivity contribution < 1.29 is 19.8 Å². The van der Waals surface area contributed by atoms with Crippen LogP contribution in [0.15, 0.2) is 11.6 Å². The average Bonchev–Trinajstić information content (AvgIpc) is 2.10. The third kappa shape index (κ3) is 5.85. The fourth-order valence-electron chi connectivity index (χ4n) is 1.08. The average molecular weight is 215 g/mol. The molecule has 0 aliphatic heterocycles.